The quantitative estimate of drug-likeness (QED) is 0.891. The van der Waals surface area contributed by atoms with Gasteiger partial charge in [-0.1, -0.05) is 0 Å². The molecule has 1 aromatic rings. The standard InChI is InChI=1S/C10H14BrNO2S/c1-10(2,14)9(13)12-4-3-8-5-7(11)6-15-8/h5-6,14H,3-4H2,1-2H3,(H,12,13). The summed E-state index contributed by atoms with van der Waals surface area (Å²) < 4.78 is 1.07. The molecule has 0 saturated heterocycles. The number of rotatable bonds is 4. The molecule has 1 heterocycles. The average molecular weight is 292 g/mol. The van der Waals surface area contributed by atoms with E-state index in [4.69, 9.17) is 0 Å². The molecular weight excluding hydrogens is 278 g/mol. The molecule has 0 spiro atoms. The fraction of sp³-hybridized carbons (Fsp3) is 0.500. The summed E-state index contributed by atoms with van der Waals surface area (Å²) in [6.45, 7) is 3.50. The highest BCUT2D eigenvalue weighted by molar-refractivity contribution is 9.10. The number of nitrogens with one attached hydrogen (secondary N) is 1. The monoisotopic (exact) mass is 291 g/mol. The van der Waals surface area contributed by atoms with Gasteiger partial charge in [-0.3, -0.25) is 4.79 Å². The van der Waals surface area contributed by atoms with Crippen LogP contribution in [0.1, 0.15) is 18.7 Å². The van der Waals surface area contributed by atoms with Gasteiger partial charge < -0.3 is 10.4 Å². The predicted octanol–water partition coefficient (Wildman–Crippen LogP) is 1.94. The summed E-state index contributed by atoms with van der Waals surface area (Å²) in [4.78, 5) is 12.5. The molecule has 0 aliphatic carbocycles. The fourth-order valence-electron chi connectivity index (χ4n) is 1.00. The minimum Gasteiger partial charge on any atom is -0.381 e. The molecular formula is C10H14BrNO2S. The normalized spacial score (nSPS) is 11.5. The van der Waals surface area contributed by atoms with Crippen molar-refractivity contribution >= 4 is 33.2 Å². The van der Waals surface area contributed by atoms with E-state index in [0.717, 1.165) is 10.9 Å². The van der Waals surface area contributed by atoms with Crippen LogP contribution < -0.4 is 5.32 Å². The number of carbonyl (C=O) groups is 1. The van der Waals surface area contributed by atoms with Crippen molar-refractivity contribution in [2.24, 2.45) is 0 Å². The van der Waals surface area contributed by atoms with E-state index in [9.17, 15) is 9.90 Å². The van der Waals surface area contributed by atoms with Crippen molar-refractivity contribution in [1.29, 1.82) is 0 Å². The Labute approximate surface area is 102 Å². The maximum atomic E-state index is 11.3. The first-order valence-corrected chi connectivity index (χ1v) is 6.30. The molecule has 1 rings (SSSR count). The molecule has 3 nitrogen and oxygen atoms in total. The first-order chi connectivity index (χ1) is 6.89. The van der Waals surface area contributed by atoms with Crippen molar-refractivity contribution in [3.63, 3.8) is 0 Å². The van der Waals surface area contributed by atoms with E-state index >= 15 is 0 Å². The molecule has 0 bridgehead atoms. The molecule has 0 atom stereocenters. The van der Waals surface area contributed by atoms with Gasteiger partial charge in [-0.2, -0.15) is 0 Å². The zero-order chi connectivity index (χ0) is 11.5. The van der Waals surface area contributed by atoms with Crippen LogP contribution in [0.4, 0.5) is 0 Å². The van der Waals surface area contributed by atoms with Gasteiger partial charge in [0.2, 0.25) is 0 Å². The van der Waals surface area contributed by atoms with Gasteiger partial charge in [0, 0.05) is 21.3 Å². The molecule has 2 N–H and O–H groups in total. The summed E-state index contributed by atoms with van der Waals surface area (Å²) in [5.41, 5.74) is -1.30. The summed E-state index contributed by atoms with van der Waals surface area (Å²) in [5, 5.41) is 14.1. The van der Waals surface area contributed by atoms with E-state index < -0.39 is 5.60 Å². The van der Waals surface area contributed by atoms with Crippen molar-refractivity contribution in [3.8, 4) is 0 Å². The van der Waals surface area contributed by atoms with E-state index in [-0.39, 0.29) is 5.91 Å². The highest BCUT2D eigenvalue weighted by atomic mass is 79.9. The summed E-state index contributed by atoms with van der Waals surface area (Å²) in [6, 6.07) is 2.03. The summed E-state index contributed by atoms with van der Waals surface area (Å²) in [7, 11) is 0. The minimum absolute atomic E-state index is 0.335. The first-order valence-electron chi connectivity index (χ1n) is 4.63. The lowest BCUT2D eigenvalue weighted by Crippen LogP contribution is -2.42. The van der Waals surface area contributed by atoms with Crippen LogP contribution in [0, 0.1) is 0 Å². The molecule has 1 aromatic heterocycles. The Hall–Kier alpha value is -0.390. The van der Waals surface area contributed by atoms with Gasteiger partial charge in [0.1, 0.15) is 5.60 Å². The predicted molar refractivity (Wildman–Crippen MR) is 65.0 cm³/mol. The van der Waals surface area contributed by atoms with Gasteiger partial charge in [0.15, 0.2) is 0 Å². The Morgan fingerprint density at radius 3 is 2.80 bits per heavy atom. The highest BCUT2D eigenvalue weighted by Crippen LogP contribution is 2.19. The summed E-state index contributed by atoms with van der Waals surface area (Å²) >= 11 is 5.02. The lowest BCUT2D eigenvalue weighted by Gasteiger charge is -2.16. The van der Waals surface area contributed by atoms with Crippen LogP contribution >= 0.6 is 27.3 Å². The molecule has 15 heavy (non-hydrogen) atoms. The Bertz CT molecular complexity index is 343. The molecule has 0 aromatic carbocycles. The summed E-state index contributed by atoms with van der Waals surface area (Å²) in [5.74, 6) is -0.335. The number of hydrogen-bond acceptors (Lipinski definition) is 3. The van der Waals surface area contributed by atoms with Crippen molar-refractivity contribution in [1.82, 2.24) is 5.32 Å². The lowest BCUT2D eigenvalue weighted by atomic mass is 10.1. The Balaban J connectivity index is 2.31. The second-order valence-corrected chi connectivity index (χ2v) is 5.71. The number of hydrogen-bond donors (Lipinski definition) is 2. The van der Waals surface area contributed by atoms with Crippen LogP contribution in [0.15, 0.2) is 15.9 Å². The van der Waals surface area contributed by atoms with Gasteiger partial charge >= 0.3 is 0 Å². The second-order valence-electron chi connectivity index (χ2n) is 3.80. The molecule has 0 saturated carbocycles. The van der Waals surface area contributed by atoms with E-state index in [2.05, 4.69) is 21.2 Å². The molecule has 5 heteroatoms. The van der Waals surface area contributed by atoms with Gasteiger partial charge in [-0.05, 0) is 42.3 Å². The van der Waals surface area contributed by atoms with Crippen LogP contribution in [0.5, 0.6) is 0 Å². The zero-order valence-corrected chi connectivity index (χ0v) is 11.1. The van der Waals surface area contributed by atoms with E-state index in [1.807, 2.05) is 11.4 Å². The minimum atomic E-state index is -1.30. The Morgan fingerprint density at radius 1 is 1.67 bits per heavy atom. The number of thiophene rings is 1. The average Bonchev–Trinajstić information content (AvgIpc) is 2.49. The third kappa shape index (κ3) is 4.32. The lowest BCUT2D eigenvalue weighted by molar-refractivity contribution is -0.136. The Morgan fingerprint density at radius 2 is 2.33 bits per heavy atom. The Kier molecular flexibility index (Phi) is 4.31. The second kappa shape index (κ2) is 5.09. The van der Waals surface area contributed by atoms with Crippen molar-refractivity contribution in [3.05, 3.63) is 20.8 Å². The topological polar surface area (TPSA) is 49.3 Å². The maximum Gasteiger partial charge on any atom is 0.251 e. The van der Waals surface area contributed by atoms with Crippen LogP contribution in [0.25, 0.3) is 0 Å². The first kappa shape index (κ1) is 12.7. The molecule has 0 radical (unpaired) electrons. The van der Waals surface area contributed by atoms with E-state index in [1.54, 1.807) is 11.3 Å². The van der Waals surface area contributed by atoms with Gasteiger partial charge in [-0.15, -0.1) is 11.3 Å². The summed E-state index contributed by atoms with van der Waals surface area (Å²) in [6.07, 6.45) is 0.790. The maximum absolute atomic E-state index is 11.3. The molecule has 84 valence electrons. The van der Waals surface area contributed by atoms with Crippen molar-refractivity contribution in [2.75, 3.05) is 6.54 Å². The molecule has 0 unspecified atom stereocenters. The van der Waals surface area contributed by atoms with Gasteiger partial charge in [-0.25, -0.2) is 0 Å². The van der Waals surface area contributed by atoms with Crippen LogP contribution in [-0.4, -0.2) is 23.2 Å². The highest BCUT2D eigenvalue weighted by Gasteiger charge is 2.22. The molecule has 0 fully saturated rings. The number of carbonyl (C=O) groups excluding carboxylic acids is 1. The van der Waals surface area contributed by atoms with Crippen LogP contribution in [0.3, 0.4) is 0 Å². The van der Waals surface area contributed by atoms with Gasteiger partial charge in [0.25, 0.3) is 5.91 Å². The zero-order valence-electron chi connectivity index (χ0n) is 8.71. The molecule has 0 aliphatic rings. The largest absolute Gasteiger partial charge is 0.381 e. The molecule has 1 amide bonds. The van der Waals surface area contributed by atoms with Crippen molar-refractivity contribution < 1.29 is 9.90 Å². The van der Waals surface area contributed by atoms with Crippen LogP contribution in [0.2, 0.25) is 0 Å². The van der Waals surface area contributed by atoms with Gasteiger partial charge in [0.05, 0.1) is 0 Å². The van der Waals surface area contributed by atoms with E-state index in [0.29, 0.717) is 6.54 Å². The SMILES string of the molecule is CC(C)(O)C(=O)NCCc1cc(Br)cs1. The van der Waals surface area contributed by atoms with E-state index in [1.165, 1.54) is 18.7 Å². The third-order valence-electron chi connectivity index (χ3n) is 1.83. The third-order valence-corrected chi connectivity index (χ3v) is 3.59. The molecule has 0 aliphatic heterocycles. The van der Waals surface area contributed by atoms with Crippen molar-refractivity contribution in [2.45, 2.75) is 25.9 Å². The van der Waals surface area contributed by atoms with Crippen LogP contribution in [-0.2, 0) is 11.2 Å². The number of halogens is 1. The smallest absolute Gasteiger partial charge is 0.251 e. The fourth-order valence-corrected chi connectivity index (χ4v) is 2.46. The number of aliphatic hydroxyl groups is 1. The number of amides is 1.